The van der Waals surface area contributed by atoms with E-state index in [9.17, 15) is 19.4 Å². The third kappa shape index (κ3) is 64.5. The van der Waals surface area contributed by atoms with Gasteiger partial charge in [-0.05, 0) is 44.9 Å². The molecule has 0 aromatic carbocycles. The molecule has 0 fully saturated rings. The van der Waals surface area contributed by atoms with Crippen LogP contribution in [-0.4, -0.2) is 68.5 Å². The smallest absolute Gasteiger partial charge is 0.268 e. The number of unbranched alkanes of at least 4 members (excludes halogenated alkanes) is 52. The van der Waals surface area contributed by atoms with Gasteiger partial charge in [-0.1, -0.05) is 346 Å². The first-order chi connectivity index (χ1) is 39.0. The topological polar surface area (TPSA) is 108 Å². The summed E-state index contributed by atoms with van der Waals surface area (Å²) >= 11 is 0. The number of hydrogen-bond donors (Lipinski definition) is 2. The number of aliphatic hydroxyl groups is 1. The Labute approximate surface area is 500 Å². The number of amides is 1. The summed E-state index contributed by atoms with van der Waals surface area (Å²) in [6, 6.07) is -0.885. The van der Waals surface area contributed by atoms with Crippen LogP contribution in [0.25, 0.3) is 0 Å². The molecule has 0 aliphatic heterocycles. The van der Waals surface area contributed by atoms with Gasteiger partial charge in [0.25, 0.3) is 7.82 Å². The van der Waals surface area contributed by atoms with Gasteiger partial charge in [0.05, 0.1) is 39.9 Å². The van der Waals surface area contributed by atoms with Gasteiger partial charge in [0.1, 0.15) is 13.2 Å². The molecule has 0 heterocycles. The molecule has 8 nitrogen and oxygen atoms in total. The largest absolute Gasteiger partial charge is 0.756 e. The van der Waals surface area contributed by atoms with Crippen molar-refractivity contribution in [2.45, 2.75) is 386 Å². The number of hydrogen-bond acceptors (Lipinski definition) is 6. The Morgan fingerprint density at radius 1 is 0.425 bits per heavy atom. The quantitative estimate of drug-likeness (QED) is 0.0272. The standard InChI is InChI=1S/C71H141N2O6P/c1-6-8-10-12-14-16-18-20-22-24-26-28-30-32-34-35-36-37-39-41-43-45-47-49-51-53-55-57-59-61-63-65-71(75)72-69(68-79-80(76,77)78-67-66-73(3,4)5)70(74)64-62-60-58-56-54-52-50-48-46-44-42-40-38-33-31-29-27-25-23-21-19-17-15-13-11-9-7-2/h24,26,62,64,69-70,74H,6-23,25,27-61,63,65-68H2,1-5H3,(H-,72,75,76,77)/b26-24-,64-62+. The molecule has 0 aromatic heterocycles. The third-order valence-electron chi connectivity index (χ3n) is 16.7. The van der Waals surface area contributed by atoms with E-state index in [1.807, 2.05) is 27.2 Å². The first-order valence-electron chi connectivity index (χ1n) is 35.7. The van der Waals surface area contributed by atoms with Crippen molar-refractivity contribution in [1.29, 1.82) is 0 Å². The third-order valence-corrected chi connectivity index (χ3v) is 17.6. The molecule has 3 unspecified atom stereocenters. The van der Waals surface area contributed by atoms with Gasteiger partial charge >= 0.3 is 0 Å². The summed E-state index contributed by atoms with van der Waals surface area (Å²) in [7, 11) is 1.28. The van der Waals surface area contributed by atoms with Crippen molar-refractivity contribution in [3.05, 3.63) is 24.3 Å². The number of likely N-dealkylation sites (N-methyl/N-ethyl adjacent to an activating group) is 1. The number of carbonyl (C=O) groups is 1. The van der Waals surface area contributed by atoms with E-state index in [0.29, 0.717) is 17.4 Å². The summed E-state index contributed by atoms with van der Waals surface area (Å²) in [5, 5.41) is 14.0. The maximum atomic E-state index is 13.0. The molecule has 0 bridgehead atoms. The first kappa shape index (κ1) is 79.0. The lowest BCUT2D eigenvalue weighted by Gasteiger charge is -2.29. The van der Waals surface area contributed by atoms with Gasteiger partial charge in [-0.3, -0.25) is 9.36 Å². The highest BCUT2D eigenvalue weighted by atomic mass is 31.2. The Kier molecular flexibility index (Phi) is 61.7. The van der Waals surface area contributed by atoms with Crippen molar-refractivity contribution in [2.24, 2.45) is 0 Å². The average Bonchev–Trinajstić information content (AvgIpc) is 3.42. The Morgan fingerprint density at radius 2 is 0.688 bits per heavy atom. The second-order valence-corrected chi connectivity index (χ2v) is 27.4. The lowest BCUT2D eigenvalue weighted by atomic mass is 10.0. The molecule has 0 saturated carbocycles. The number of rotatable bonds is 67. The van der Waals surface area contributed by atoms with Crippen molar-refractivity contribution < 1.29 is 32.9 Å². The van der Waals surface area contributed by atoms with E-state index in [1.165, 1.54) is 315 Å². The van der Waals surface area contributed by atoms with E-state index in [4.69, 9.17) is 9.05 Å². The molecule has 0 spiro atoms. The molecule has 0 aliphatic rings. The van der Waals surface area contributed by atoms with Crippen molar-refractivity contribution in [3.8, 4) is 0 Å². The van der Waals surface area contributed by atoms with E-state index >= 15 is 0 Å². The molecule has 0 rings (SSSR count). The Balaban J connectivity index is 4.02. The van der Waals surface area contributed by atoms with Crippen molar-refractivity contribution in [3.63, 3.8) is 0 Å². The Bertz CT molecular complexity index is 1350. The molecule has 9 heteroatoms. The van der Waals surface area contributed by atoms with Crippen LogP contribution >= 0.6 is 7.82 Å². The predicted octanol–water partition coefficient (Wildman–Crippen LogP) is 22.0. The average molecular weight is 1150 g/mol. The van der Waals surface area contributed by atoms with E-state index in [2.05, 4.69) is 31.3 Å². The SMILES string of the molecule is CCCCCCCCCC/C=C\CCCCCCCCCCCCCCCCCCCCCC(=O)NC(COP(=O)([O-])OCC[N+](C)(C)C)C(O)/C=C/CCCCCCCCCCCCCCCCCCCCCCCCCCC. The summed E-state index contributed by atoms with van der Waals surface area (Å²) < 4.78 is 23.5. The van der Waals surface area contributed by atoms with Crippen molar-refractivity contribution in [1.82, 2.24) is 5.32 Å². The second kappa shape index (κ2) is 62.5. The molecule has 2 N–H and O–H groups in total. The Morgan fingerprint density at radius 3 is 0.975 bits per heavy atom. The lowest BCUT2D eigenvalue weighted by molar-refractivity contribution is -0.870. The number of aliphatic hydroxyl groups excluding tert-OH is 1. The Hall–Kier alpha value is -1.02. The van der Waals surface area contributed by atoms with Crippen LogP contribution in [0.1, 0.15) is 373 Å². The number of quaternary nitrogens is 1. The highest BCUT2D eigenvalue weighted by Crippen LogP contribution is 2.38. The number of allylic oxidation sites excluding steroid dienone is 3. The monoisotopic (exact) mass is 1150 g/mol. The fourth-order valence-corrected chi connectivity index (χ4v) is 11.8. The van der Waals surface area contributed by atoms with Crippen LogP contribution in [0.4, 0.5) is 0 Å². The fraction of sp³-hybridized carbons (Fsp3) is 0.930. The molecule has 3 atom stereocenters. The zero-order chi connectivity index (χ0) is 58.4. The second-order valence-electron chi connectivity index (χ2n) is 25.9. The minimum Gasteiger partial charge on any atom is -0.756 e. The molecular formula is C71H141N2O6P. The first-order valence-corrected chi connectivity index (χ1v) is 37.2. The van der Waals surface area contributed by atoms with E-state index in [1.54, 1.807) is 6.08 Å². The van der Waals surface area contributed by atoms with Crippen LogP contribution in [-0.2, 0) is 18.4 Å². The molecule has 0 aromatic rings. The number of carbonyl (C=O) groups excluding carboxylic acids is 1. The summed E-state index contributed by atoms with van der Waals surface area (Å²) in [5.74, 6) is -0.189. The molecule has 476 valence electrons. The van der Waals surface area contributed by atoms with Crippen LogP contribution in [0, 0.1) is 0 Å². The number of nitrogens with one attached hydrogen (secondary N) is 1. The van der Waals surface area contributed by atoms with Crippen LogP contribution in [0.15, 0.2) is 24.3 Å². The summed E-state index contributed by atoms with van der Waals surface area (Å²) in [6.07, 6.45) is 81.6. The molecular weight excluding hydrogens is 1010 g/mol. The number of phosphoric acid groups is 1. The van der Waals surface area contributed by atoms with E-state index < -0.39 is 20.0 Å². The minimum atomic E-state index is -4.60. The van der Waals surface area contributed by atoms with Gasteiger partial charge in [0.2, 0.25) is 5.91 Å². The maximum absolute atomic E-state index is 13.0. The van der Waals surface area contributed by atoms with Crippen LogP contribution in [0.3, 0.4) is 0 Å². The van der Waals surface area contributed by atoms with Gasteiger partial charge in [0.15, 0.2) is 0 Å². The lowest BCUT2D eigenvalue weighted by Crippen LogP contribution is -2.45. The maximum Gasteiger partial charge on any atom is 0.268 e. The normalized spacial score (nSPS) is 13.7. The molecule has 0 saturated heterocycles. The highest BCUT2D eigenvalue weighted by molar-refractivity contribution is 7.45. The molecule has 1 amide bonds. The predicted molar refractivity (Wildman–Crippen MR) is 349 cm³/mol. The molecule has 0 aliphatic carbocycles. The van der Waals surface area contributed by atoms with Gasteiger partial charge in [0, 0.05) is 6.42 Å². The summed E-state index contributed by atoms with van der Waals surface area (Å²) in [4.78, 5) is 25.6. The zero-order valence-corrected chi connectivity index (χ0v) is 55.5. The van der Waals surface area contributed by atoms with Gasteiger partial charge in [-0.2, -0.15) is 0 Å². The van der Waals surface area contributed by atoms with E-state index in [-0.39, 0.29) is 19.1 Å². The number of phosphoric ester groups is 1. The zero-order valence-electron chi connectivity index (χ0n) is 54.6. The van der Waals surface area contributed by atoms with Gasteiger partial charge in [-0.25, -0.2) is 0 Å². The van der Waals surface area contributed by atoms with E-state index in [0.717, 1.165) is 38.5 Å². The number of nitrogens with zero attached hydrogens (tertiary/aromatic N) is 1. The fourth-order valence-electron chi connectivity index (χ4n) is 11.1. The van der Waals surface area contributed by atoms with Crippen molar-refractivity contribution >= 4 is 13.7 Å². The van der Waals surface area contributed by atoms with Crippen LogP contribution in [0.5, 0.6) is 0 Å². The van der Waals surface area contributed by atoms with Crippen LogP contribution in [0.2, 0.25) is 0 Å². The summed E-state index contributed by atoms with van der Waals surface area (Å²) in [5.41, 5.74) is 0. The van der Waals surface area contributed by atoms with Gasteiger partial charge < -0.3 is 28.8 Å². The minimum absolute atomic E-state index is 0.00197. The van der Waals surface area contributed by atoms with Crippen molar-refractivity contribution in [2.75, 3.05) is 40.9 Å². The highest BCUT2D eigenvalue weighted by Gasteiger charge is 2.23. The summed E-state index contributed by atoms with van der Waals surface area (Å²) in [6.45, 7) is 4.72. The molecule has 0 radical (unpaired) electrons. The molecule has 80 heavy (non-hydrogen) atoms. The van der Waals surface area contributed by atoms with Gasteiger partial charge in [-0.15, -0.1) is 0 Å². The van der Waals surface area contributed by atoms with Crippen LogP contribution < -0.4 is 10.2 Å².